The van der Waals surface area contributed by atoms with Gasteiger partial charge >= 0.3 is 0 Å². The zero-order valence-electron chi connectivity index (χ0n) is 12.5. The van der Waals surface area contributed by atoms with Crippen LogP contribution >= 0.6 is 15.9 Å². The Labute approximate surface area is 129 Å². The third kappa shape index (κ3) is 3.70. The van der Waals surface area contributed by atoms with Crippen molar-refractivity contribution in [2.45, 2.75) is 39.3 Å². The van der Waals surface area contributed by atoms with Gasteiger partial charge in [0.2, 0.25) is 0 Å². The molecule has 3 nitrogen and oxygen atoms in total. The van der Waals surface area contributed by atoms with Crippen LogP contribution in [0, 0.1) is 0 Å². The van der Waals surface area contributed by atoms with Gasteiger partial charge in [0.1, 0.15) is 0 Å². The lowest BCUT2D eigenvalue weighted by atomic mass is 10.1. The van der Waals surface area contributed by atoms with Crippen molar-refractivity contribution in [2.75, 3.05) is 0 Å². The number of aromatic nitrogens is 2. The number of rotatable bonds is 5. The molecule has 0 aliphatic carbocycles. The molecule has 1 unspecified atom stereocenters. The van der Waals surface area contributed by atoms with Crippen molar-refractivity contribution in [1.82, 2.24) is 15.1 Å². The maximum atomic E-state index is 4.54. The van der Waals surface area contributed by atoms with Gasteiger partial charge in [-0.1, -0.05) is 41.9 Å². The Morgan fingerprint density at radius 1 is 1.30 bits per heavy atom. The molecule has 0 fully saturated rings. The van der Waals surface area contributed by atoms with E-state index in [2.05, 4.69) is 71.5 Å². The number of hydrogen-bond acceptors (Lipinski definition) is 2. The van der Waals surface area contributed by atoms with Gasteiger partial charge in [0.25, 0.3) is 0 Å². The summed E-state index contributed by atoms with van der Waals surface area (Å²) in [4.78, 5) is 0. The van der Waals surface area contributed by atoms with Gasteiger partial charge in [-0.05, 0) is 30.5 Å². The second kappa shape index (κ2) is 6.55. The molecule has 4 heteroatoms. The van der Waals surface area contributed by atoms with Gasteiger partial charge in [-0.25, -0.2) is 0 Å². The first kappa shape index (κ1) is 15.3. The van der Waals surface area contributed by atoms with Crippen molar-refractivity contribution in [2.24, 2.45) is 7.05 Å². The number of hydrogen-bond donors (Lipinski definition) is 1. The molecule has 1 N–H and O–H groups in total. The Balaban J connectivity index is 2.05. The van der Waals surface area contributed by atoms with E-state index in [1.165, 1.54) is 16.8 Å². The summed E-state index contributed by atoms with van der Waals surface area (Å²) in [5.41, 5.74) is 3.75. The predicted molar refractivity (Wildman–Crippen MR) is 86.7 cm³/mol. The van der Waals surface area contributed by atoms with E-state index in [0.717, 1.165) is 11.0 Å². The van der Waals surface area contributed by atoms with Crippen LogP contribution < -0.4 is 5.32 Å². The summed E-state index contributed by atoms with van der Waals surface area (Å²) in [5.74, 6) is 0.453. The number of aryl methyl sites for hydroxylation is 1. The average molecular weight is 336 g/mol. The van der Waals surface area contributed by atoms with Crippen LogP contribution in [0.15, 0.2) is 34.9 Å². The quantitative estimate of drug-likeness (QED) is 0.889. The van der Waals surface area contributed by atoms with Crippen LogP contribution in [0.1, 0.15) is 49.6 Å². The molecule has 0 saturated carbocycles. The highest BCUT2D eigenvalue weighted by Gasteiger charge is 2.12. The van der Waals surface area contributed by atoms with Crippen molar-refractivity contribution < 1.29 is 0 Å². The van der Waals surface area contributed by atoms with E-state index in [1.54, 1.807) is 0 Å². The fraction of sp³-hybridized carbons (Fsp3) is 0.438. The highest BCUT2D eigenvalue weighted by Crippen LogP contribution is 2.20. The zero-order valence-corrected chi connectivity index (χ0v) is 14.1. The number of halogens is 1. The first-order valence-electron chi connectivity index (χ1n) is 6.98. The Kier molecular flexibility index (Phi) is 5.00. The fourth-order valence-corrected chi connectivity index (χ4v) is 2.75. The van der Waals surface area contributed by atoms with Gasteiger partial charge in [-0.2, -0.15) is 5.10 Å². The predicted octanol–water partition coefficient (Wildman–Crippen LogP) is 4.16. The van der Waals surface area contributed by atoms with Crippen LogP contribution in [0.5, 0.6) is 0 Å². The molecule has 1 aromatic heterocycles. The van der Waals surface area contributed by atoms with E-state index < -0.39 is 0 Å². The molecule has 108 valence electrons. The third-order valence-electron chi connectivity index (χ3n) is 3.43. The smallest absolute Gasteiger partial charge is 0.0694 e. The molecule has 0 amide bonds. The number of benzene rings is 1. The molecular weight excluding hydrogens is 314 g/mol. The standard InChI is InChI=1S/C16H22BrN3/c1-11(2)16-14(10-20(4)19-16)9-18-12(3)13-6-5-7-15(17)8-13/h5-8,10-12,18H,9H2,1-4H3. The second-order valence-corrected chi connectivity index (χ2v) is 6.44. The van der Waals surface area contributed by atoms with E-state index in [-0.39, 0.29) is 0 Å². The molecule has 0 aliphatic heterocycles. The SMILES string of the molecule is CC(C)c1nn(C)cc1CNC(C)c1cccc(Br)c1. The summed E-state index contributed by atoms with van der Waals surface area (Å²) in [6.07, 6.45) is 2.11. The molecule has 2 rings (SSSR count). The Morgan fingerprint density at radius 2 is 2.05 bits per heavy atom. The van der Waals surface area contributed by atoms with Crippen molar-refractivity contribution in [3.63, 3.8) is 0 Å². The molecule has 0 radical (unpaired) electrons. The minimum absolute atomic E-state index is 0.313. The van der Waals surface area contributed by atoms with Crippen molar-refractivity contribution in [3.8, 4) is 0 Å². The maximum Gasteiger partial charge on any atom is 0.0694 e. The summed E-state index contributed by atoms with van der Waals surface area (Å²) in [5, 5.41) is 8.12. The highest BCUT2D eigenvalue weighted by molar-refractivity contribution is 9.10. The van der Waals surface area contributed by atoms with E-state index in [1.807, 2.05) is 17.8 Å². The summed E-state index contributed by atoms with van der Waals surface area (Å²) in [6, 6.07) is 8.74. The summed E-state index contributed by atoms with van der Waals surface area (Å²) >= 11 is 3.52. The summed E-state index contributed by atoms with van der Waals surface area (Å²) < 4.78 is 3.02. The monoisotopic (exact) mass is 335 g/mol. The molecule has 0 aliphatic rings. The van der Waals surface area contributed by atoms with Gasteiger partial charge in [0.15, 0.2) is 0 Å². The molecule has 1 aromatic carbocycles. The van der Waals surface area contributed by atoms with Crippen LogP contribution in [0.4, 0.5) is 0 Å². The van der Waals surface area contributed by atoms with Gasteiger partial charge in [-0.3, -0.25) is 4.68 Å². The van der Waals surface area contributed by atoms with E-state index in [4.69, 9.17) is 0 Å². The first-order valence-corrected chi connectivity index (χ1v) is 7.78. The molecule has 0 bridgehead atoms. The molecule has 0 spiro atoms. The molecule has 1 atom stereocenters. The largest absolute Gasteiger partial charge is 0.306 e. The minimum atomic E-state index is 0.313. The van der Waals surface area contributed by atoms with Crippen molar-refractivity contribution >= 4 is 15.9 Å². The van der Waals surface area contributed by atoms with Crippen LogP contribution in [0.3, 0.4) is 0 Å². The molecule has 2 aromatic rings. The van der Waals surface area contributed by atoms with E-state index in [9.17, 15) is 0 Å². The van der Waals surface area contributed by atoms with Gasteiger partial charge in [0.05, 0.1) is 5.69 Å². The minimum Gasteiger partial charge on any atom is -0.306 e. The summed E-state index contributed by atoms with van der Waals surface area (Å²) in [6.45, 7) is 7.40. The lowest BCUT2D eigenvalue weighted by Crippen LogP contribution is -2.18. The van der Waals surface area contributed by atoms with Crippen molar-refractivity contribution in [3.05, 3.63) is 51.8 Å². The van der Waals surface area contributed by atoms with Crippen LogP contribution in [0.25, 0.3) is 0 Å². The first-order chi connectivity index (χ1) is 9.47. The summed E-state index contributed by atoms with van der Waals surface area (Å²) in [7, 11) is 1.98. The van der Waals surface area contributed by atoms with Gasteiger partial charge in [-0.15, -0.1) is 0 Å². The van der Waals surface area contributed by atoms with E-state index in [0.29, 0.717) is 12.0 Å². The van der Waals surface area contributed by atoms with Crippen molar-refractivity contribution in [1.29, 1.82) is 0 Å². The second-order valence-electron chi connectivity index (χ2n) is 5.53. The zero-order chi connectivity index (χ0) is 14.7. The normalized spacial score (nSPS) is 12.9. The molecule has 20 heavy (non-hydrogen) atoms. The van der Waals surface area contributed by atoms with Crippen LogP contribution in [-0.2, 0) is 13.6 Å². The van der Waals surface area contributed by atoms with Crippen LogP contribution in [-0.4, -0.2) is 9.78 Å². The van der Waals surface area contributed by atoms with Gasteiger partial charge in [0, 0.05) is 35.9 Å². The third-order valence-corrected chi connectivity index (χ3v) is 3.92. The van der Waals surface area contributed by atoms with Crippen LogP contribution in [0.2, 0.25) is 0 Å². The Bertz CT molecular complexity index is 575. The maximum absolute atomic E-state index is 4.54. The lowest BCUT2D eigenvalue weighted by molar-refractivity contribution is 0.570. The van der Waals surface area contributed by atoms with Gasteiger partial charge < -0.3 is 5.32 Å². The average Bonchev–Trinajstić information content (AvgIpc) is 2.77. The molecular formula is C16H22BrN3. The molecule has 0 saturated heterocycles. The number of nitrogens with zero attached hydrogens (tertiary/aromatic N) is 2. The molecule has 1 heterocycles. The highest BCUT2D eigenvalue weighted by atomic mass is 79.9. The fourth-order valence-electron chi connectivity index (χ4n) is 2.33. The van der Waals surface area contributed by atoms with E-state index >= 15 is 0 Å². The lowest BCUT2D eigenvalue weighted by Gasteiger charge is -2.15. The Morgan fingerprint density at radius 3 is 2.70 bits per heavy atom. The Hall–Kier alpha value is -1.13. The number of nitrogens with one attached hydrogen (secondary N) is 1. The topological polar surface area (TPSA) is 29.9 Å².